The molecule has 0 aliphatic rings. The van der Waals surface area contributed by atoms with E-state index in [0.29, 0.717) is 18.7 Å². The summed E-state index contributed by atoms with van der Waals surface area (Å²) in [6.07, 6.45) is 2.24. The van der Waals surface area contributed by atoms with Crippen molar-refractivity contribution in [1.29, 1.82) is 0 Å². The van der Waals surface area contributed by atoms with Crippen molar-refractivity contribution in [2.75, 3.05) is 25.4 Å². The molecule has 0 atom stereocenters. The molecule has 0 radical (unpaired) electrons. The maximum absolute atomic E-state index is 11.9. The van der Waals surface area contributed by atoms with E-state index in [1.54, 1.807) is 4.90 Å². The zero-order valence-corrected chi connectivity index (χ0v) is 8.73. The molecule has 0 bridgehead atoms. The van der Waals surface area contributed by atoms with Gasteiger partial charge in [0.15, 0.2) is 0 Å². The third-order valence-electron chi connectivity index (χ3n) is 2.05. The van der Waals surface area contributed by atoms with E-state index in [1.165, 1.54) is 6.20 Å². The van der Waals surface area contributed by atoms with Crippen LogP contribution in [0, 0.1) is 0 Å². The lowest BCUT2D eigenvalue weighted by Crippen LogP contribution is -2.34. The van der Waals surface area contributed by atoms with E-state index in [9.17, 15) is 4.79 Å². The van der Waals surface area contributed by atoms with Crippen LogP contribution in [0.15, 0.2) is 6.20 Å². The Morgan fingerprint density at radius 3 is 2.87 bits per heavy atom. The van der Waals surface area contributed by atoms with Gasteiger partial charge in [-0.2, -0.15) is 5.10 Å². The van der Waals surface area contributed by atoms with Gasteiger partial charge in [-0.15, -0.1) is 0 Å². The highest BCUT2D eigenvalue weighted by atomic mass is 16.3. The number of nitrogens with one attached hydrogen (secondary N) is 1. The predicted octanol–water partition coefficient (Wildman–Crippen LogP) is -0.164. The maximum atomic E-state index is 11.9. The van der Waals surface area contributed by atoms with Crippen LogP contribution in [0.4, 0.5) is 5.82 Å². The van der Waals surface area contributed by atoms with Gasteiger partial charge in [0.25, 0.3) is 5.91 Å². The normalized spacial score (nSPS) is 10.3. The number of rotatable bonds is 5. The van der Waals surface area contributed by atoms with Gasteiger partial charge < -0.3 is 15.7 Å². The average Bonchev–Trinajstić information content (AvgIpc) is 2.63. The quantitative estimate of drug-likeness (QED) is 0.631. The number of nitrogen functional groups attached to an aromatic ring is 1. The number of H-pyrrole nitrogens is 1. The van der Waals surface area contributed by atoms with Crippen molar-refractivity contribution in [1.82, 2.24) is 15.1 Å². The molecule has 1 amide bonds. The van der Waals surface area contributed by atoms with Crippen LogP contribution in [0.1, 0.15) is 23.7 Å². The van der Waals surface area contributed by atoms with Gasteiger partial charge >= 0.3 is 0 Å². The molecule has 84 valence electrons. The van der Waals surface area contributed by atoms with Crippen molar-refractivity contribution < 1.29 is 9.90 Å². The average molecular weight is 212 g/mol. The Morgan fingerprint density at radius 1 is 1.67 bits per heavy atom. The topological polar surface area (TPSA) is 95.2 Å². The molecule has 0 saturated carbocycles. The summed E-state index contributed by atoms with van der Waals surface area (Å²) in [7, 11) is 0. The Balaban J connectivity index is 2.76. The number of nitrogens with two attached hydrogens (primary N) is 1. The van der Waals surface area contributed by atoms with Gasteiger partial charge in [-0.3, -0.25) is 9.89 Å². The Bertz CT molecular complexity index is 318. The molecule has 0 unspecified atom stereocenters. The Hall–Kier alpha value is -1.56. The van der Waals surface area contributed by atoms with Crippen LogP contribution in [0.2, 0.25) is 0 Å². The second-order valence-corrected chi connectivity index (χ2v) is 3.21. The first-order valence-electron chi connectivity index (χ1n) is 4.89. The first-order chi connectivity index (χ1) is 7.20. The van der Waals surface area contributed by atoms with Crippen LogP contribution in [0.25, 0.3) is 0 Å². The van der Waals surface area contributed by atoms with Crippen LogP contribution in [0.3, 0.4) is 0 Å². The molecule has 0 aliphatic heterocycles. The van der Waals surface area contributed by atoms with Gasteiger partial charge in [-0.05, 0) is 6.42 Å². The molecule has 0 aromatic carbocycles. The molecule has 1 heterocycles. The lowest BCUT2D eigenvalue weighted by molar-refractivity contribution is 0.0723. The summed E-state index contributed by atoms with van der Waals surface area (Å²) in [6.45, 7) is 2.83. The lowest BCUT2D eigenvalue weighted by Gasteiger charge is -2.20. The first-order valence-corrected chi connectivity index (χ1v) is 4.89. The third kappa shape index (κ3) is 2.69. The molecule has 0 spiro atoms. The highest BCUT2D eigenvalue weighted by Crippen LogP contribution is 2.10. The smallest absolute Gasteiger partial charge is 0.259 e. The van der Waals surface area contributed by atoms with Crippen molar-refractivity contribution in [2.24, 2.45) is 0 Å². The van der Waals surface area contributed by atoms with E-state index in [0.717, 1.165) is 6.42 Å². The SMILES string of the molecule is CCCN(CCO)C(=O)c1cn[nH]c1N. The standard InChI is InChI=1S/C9H16N4O2/c1-2-3-13(4-5-14)9(15)7-6-11-12-8(7)10/h6,14H,2-5H2,1H3,(H3,10,11,12). The van der Waals surface area contributed by atoms with E-state index in [1.807, 2.05) is 6.92 Å². The van der Waals surface area contributed by atoms with Crippen LogP contribution in [-0.4, -0.2) is 45.8 Å². The summed E-state index contributed by atoms with van der Waals surface area (Å²) in [5.41, 5.74) is 5.90. The number of hydrogen-bond donors (Lipinski definition) is 3. The molecule has 6 heteroatoms. The predicted molar refractivity (Wildman–Crippen MR) is 56.3 cm³/mol. The number of aromatic amines is 1. The number of aliphatic hydroxyl groups is 1. The van der Waals surface area contributed by atoms with Gasteiger partial charge in [0.1, 0.15) is 11.4 Å². The number of hydrogen-bond acceptors (Lipinski definition) is 4. The molecule has 1 rings (SSSR count). The maximum Gasteiger partial charge on any atom is 0.259 e. The molecular weight excluding hydrogens is 196 g/mol. The lowest BCUT2D eigenvalue weighted by atomic mass is 10.2. The van der Waals surface area contributed by atoms with Gasteiger partial charge in [-0.1, -0.05) is 6.92 Å². The van der Waals surface area contributed by atoms with Gasteiger partial charge in [0, 0.05) is 13.1 Å². The fourth-order valence-corrected chi connectivity index (χ4v) is 1.34. The molecule has 6 nitrogen and oxygen atoms in total. The van der Waals surface area contributed by atoms with Crippen molar-refractivity contribution in [3.05, 3.63) is 11.8 Å². The minimum atomic E-state index is -0.197. The van der Waals surface area contributed by atoms with Crippen molar-refractivity contribution in [3.63, 3.8) is 0 Å². The minimum absolute atomic E-state index is 0.0521. The number of carbonyl (C=O) groups excluding carboxylic acids is 1. The second kappa shape index (κ2) is 5.35. The number of amides is 1. The second-order valence-electron chi connectivity index (χ2n) is 3.21. The summed E-state index contributed by atoms with van der Waals surface area (Å²) < 4.78 is 0. The molecule has 0 aliphatic carbocycles. The molecular formula is C9H16N4O2. The van der Waals surface area contributed by atoms with Crippen LogP contribution in [-0.2, 0) is 0 Å². The van der Waals surface area contributed by atoms with Gasteiger partial charge in [-0.25, -0.2) is 0 Å². The van der Waals surface area contributed by atoms with Gasteiger partial charge in [0.2, 0.25) is 0 Å². The highest BCUT2D eigenvalue weighted by molar-refractivity contribution is 5.98. The molecule has 0 fully saturated rings. The van der Waals surface area contributed by atoms with E-state index in [-0.39, 0.29) is 18.3 Å². The van der Waals surface area contributed by atoms with Crippen molar-refractivity contribution >= 4 is 11.7 Å². The number of carbonyl (C=O) groups is 1. The molecule has 1 aromatic rings. The van der Waals surface area contributed by atoms with Crippen LogP contribution < -0.4 is 5.73 Å². The Morgan fingerprint density at radius 2 is 2.40 bits per heavy atom. The number of aromatic nitrogens is 2. The monoisotopic (exact) mass is 212 g/mol. The zero-order valence-electron chi connectivity index (χ0n) is 8.73. The third-order valence-corrected chi connectivity index (χ3v) is 2.05. The number of aliphatic hydroxyl groups excluding tert-OH is 1. The van der Waals surface area contributed by atoms with Gasteiger partial charge in [0.05, 0.1) is 12.8 Å². The number of nitrogens with zero attached hydrogens (tertiary/aromatic N) is 2. The van der Waals surface area contributed by atoms with Crippen LogP contribution in [0.5, 0.6) is 0 Å². The summed E-state index contributed by atoms with van der Waals surface area (Å²) in [6, 6.07) is 0. The molecule has 0 saturated heterocycles. The van der Waals surface area contributed by atoms with Crippen molar-refractivity contribution in [3.8, 4) is 0 Å². The summed E-state index contributed by atoms with van der Waals surface area (Å²) in [5.74, 6) is 0.0659. The van der Waals surface area contributed by atoms with Crippen LogP contribution >= 0.6 is 0 Å². The van der Waals surface area contributed by atoms with Crippen molar-refractivity contribution in [2.45, 2.75) is 13.3 Å². The van der Waals surface area contributed by atoms with E-state index in [2.05, 4.69) is 10.2 Å². The Kier molecular flexibility index (Phi) is 4.11. The fourth-order valence-electron chi connectivity index (χ4n) is 1.34. The molecule has 15 heavy (non-hydrogen) atoms. The number of anilines is 1. The largest absolute Gasteiger partial charge is 0.395 e. The first kappa shape index (κ1) is 11.5. The Labute approximate surface area is 88.1 Å². The zero-order chi connectivity index (χ0) is 11.3. The molecule has 1 aromatic heterocycles. The van der Waals surface area contributed by atoms with E-state index >= 15 is 0 Å². The molecule has 4 N–H and O–H groups in total. The highest BCUT2D eigenvalue weighted by Gasteiger charge is 2.18. The summed E-state index contributed by atoms with van der Waals surface area (Å²) in [5, 5.41) is 15.0. The fraction of sp³-hybridized carbons (Fsp3) is 0.556. The van der Waals surface area contributed by atoms with E-state index < -0.39 is 0 Å². The summed E-state index contributed by atoms with van der Waals surface area (Å²) >= 11 is 0. The summed E-state index contributed by atoms with van der Waals surface area (Å²) in [4.78, 5) is 13.4. The van der Waals surface area contributed by atoms with E-state index in [4.69, 9.17) is 10.8 Å². The minimum Gasteiger partial charge on any atom is -0.395 e.